The van der Waals surface area contributed by atoms with Gasteiger partial charge in [0.2, 0.25) is 0 Å². The molecule has 112 valence electrons. The maximum atomic E-state index is 4.29. The molecule has 2 nitrogen and oxygen atoms in total. The van der Waals surface area contributed by atoms with Crippen LogP contribution in [0.4, 0.5) is 0 Å². The second-order valence-corrected chi connectivity index (χ2v) is 6.08. The van der Waals surface area contributed by atoms with Crippen LogP contribution >= 0.6 is 0 Å². The Morgan fingerprint density at radius 1 is 0.947 bits per heavy atom. The molecule has 1 rings (SSSR count). The molecular formula is C17H34N2. The molecule has 0 aliphatic carbocycles. The summed E-state index contributed by atoms with van der Waals surface area (Å²) in [7, 11) is 0. The largest absolute Gasteiger partial charge is 0.358 e. The first kappa shape index (κ1) is 16.5. The number of nitrogens with zero attached hydrogens (tertiary/aromatic N) is 2. The van der Waals surface area contributed by atoms with E-state index in [0.29, 0.717) is 6.04 Å². The van der Waals surface area contributed by atoms with Crippen LogP contribution in [0.5, 0.6) is 0 Å². The van der Waals surface area contributed by atoms with Gasteiger partial charge in [0.25, 0.3) is 0 Å². The van der Waals surface area contributed by atoms with Crippen molar-refractivity contribution in [1.82, 2.24) is 4.90 Å². The molecule has 0 radical (unpaired) electrons. The van der Waals surface area contributed by atoms with Crippen LogP contribution in [0.1, 0.15) is 84.5 Å². The Morgan fingerprint density at radius 3 is 2.05 bits per heavy atom. The third-order valence-electron chi connectivity index (χ3n) is 4.26. The Kier molecular flexibility index (Phi) is 9.84. The fourth-order valence-corrected chi connectivity index (χ4v) is 2.82. The van der Waals surface area contributed by atoms with Gasteiger partial charge in [-0.3, -0.25) is 4.99 Å². The van der Waals surface area contributed by atoms with Crippen molar-refractivity contribution in [3.63, 3.8) is 0 Å². The molecule has 0 amide bonds. The number of rotatable bonds is 12. The molecule has 2 heteroatoms. The van der Waals surface area contributed by atoms with E-state index in [1.807, 2.05) is 6.34 Å². The van der Waals surface area contributed by atoms with Gasteiger partial charge in [0.15, 0.2) is 0 Å². The molecule has 0 bridgehead atoms. The Hall–Kier alpha value is -0.530. The van der Waals surface area contributed by atoms with Crippen LogP contribution in [0.15, 0.2) is 4.99 Å². The number of aliphatic imine (C=N–C) groups is 1. The summed E-state index contributed by atoms with van der Waals surface area (Å²) < 4.78 is 0. The summed E-state index contributed by atoms with van der Waals surface area (Å²) in [6, 6.07) is 0.695. The summed E-state index contributed by atoms with van der Waals surface area (Å²) in [6.45, 7) is 6.77. The fourth-order valence-electron chi connectivity index (χ4n) is 2.82. The van der Waals surface area contributed by atoms with Gasteiger partial charge in [-0.05, 0) is 13.3 Å². The molecule has 0 aromatic heterocycles. The number of hydrogen-bond donors (Lipinski definition) is 0. The highest BCUT2D eigenvalue weighted by atomic mass is 15.2. The summed E-state index contributed by atoms with van der Waals surface area (Å²) in [5.41, 5.74) is 0. The van der Waals surface area contributed by atoms with Crippen molar-refractivity contribution in [2.75, 3.05) is 13.1 Å². The molecule has 0 spiro atoms. The van der Waals surface area contributed by atoms with Crippen molar-refractivity contribution in [2.45, 2.75) is 90.5 Å². The minimum Gasteiger partial charge on any atom is -0.358 e. The monoisotopic (exact) mass is 266 g/mol. The predicted molar refractivity (Wildman–Crippen MR) is 86.0 cm³/mol. The van der Waals surface area contributed by atoms with Crippen LogP contribution < -0.4 is 0 Å². The van der Waals surface area contributed by atoms with Gasteiger partial charge in [0.1, 0.15) is 0 Å². The van der Waals surface area contributed by atoms with Crippen LogP contribution in [0.2, 0.25) is 0 Å². The smallest absolute Gasteiger partial charge is 0.0853 e. The minimum atomic E-state index is 0.695. The molecule has 0 saturated carbocycles. The lowest BCUT2D eigenvalue weighted by Crippen LogP contribution is -2.30. The molecule has 19 heavy (non-hydrogen) atoms. The summed E-state index contributed by atoms with van der Waals surface area (Å²) in [5, 5.41) is 0. The second-order valence-electron chi connectivity index (χ2n) is 6.08. The van der Waals surface area contributed by atoms with Gasteiger partial charge in [-0.2, -0.15) is 0 Å². The standard InChI is InChI=1S/C17H34N2/c1-3-4-5-6-7-8-9-10-11-12-13-17(2)19-15-14-18-16-19/h16-17H,3-15H2,1-2H3. The summed E-state index contributed by atoms with van der Waals surface area (Å²) >= 11 is 0. The molecule has 0 saturated heterocycles. The molecule has 1 atom stereocenters. The Balaban J connectivity index is 1.79. The quantitative estimate of drug-likeness (QED) is 0.452. The van der Waals surface area contributed by atoms with E-state index < -0.39 is 0 Å². The van der Waals surface area contributed by atoms with Crippen molar-refractivity contribution in [3.05, 3.63) is 0 Å². The molecule has 1 unspecified atom stereocenters. The summed E-state index contributed by atoms with van der Waals surface area (Å²) in [4.78, 5) is 6.68. The average Bonchev–Trinajstić information content (AvgIpc) is 2.95. The topological polar surface area (TPSA) is 15.6 Å². The fraction of sp³-hybridized carbons (Fsp3) is 0.941. The van der Waals surface area contributed by atoms with Crippen LogP contribution in [0, 0.1) is 0 Å². The van der Waals surface area contributed by atoms with Crippen molar-refractivity contribution in [2.24, 2.45) is 4.99 Å². The van der Waals surface area contributed by atoms with Gasteiger partial charge >= 0.3 is 0 Å². The second kappa shape index (κ2) is 11.3. The molecular weight excluding hydrogens is 232 g/mol. The van der Waals surface area contributed by atoms with Gasteiger partial charge in [-0.25, -0.2) is 0 Å². The van der Waals surface area contributed by atoms with Crippen LogP contribution in [-0.2, 0) is 0 Å². The first-order valence-corrected chi connectivity index (χ1v) is 8.60. The number of hydrogen-bond acceptors (Lipinski definition) is 2. The average molecular weight is 266 g/mol. The summed E-state index contributed by atoms with van der Waals surface area (Å²) in [6.07, 6.45) is 17.7. The SMILES string of the molecule is CCCCCCCCCCCCC(C)N1C=NCC1. The normalized spacial score (nSPS) is 16.2. The van der Waals surface area contributed by atoms with E-state index in [1.54, 1.807) is 0 Å². The highest BCUT2D eigenvalue weighted by Gasteiger charge is 2.12. The van der Waals surface area contributed by atoms with E-state index >= 15 is 0 Å². The van der Waals surface area contributed by atoms with Crippen molar-refractivity contribution in [3.8, 4) is 0 Å². The van der Waals surface area contributed by atoms with Crippen LogP contribution in [0.3, 0.4) is 0 Å². The highest BCUT2D eigenvalue weighted by Crippen LogP contribution is 2.14. The Labute approximate surface area is 120 Å². The molecule has 0 aromatic carbocycles. The third kappa shape index (κ3) is 8.28. The summed E-state index contributed by atoms with van der Waals surface area (Å²) in [5.74, 6) is 0. The zero-order chi connectivity index (χ0) is 13.8. The highest BCUT2D eigenvalue weighted by molar-refractivity contribution is 5.57. The van der Waals surface area contributed by atoms with Crippen molar-refractivity contribution in [1.29, 1.82) is 0 Å². The van der Waals surface area contributed by atoms with Gasteiger partial charge < -0.3 is 4.90 Å². The maximum Gasteiger partial charge on any atom is 0.0853 e. The zero-order valence-electron chi connectivity index (χ0n) is 13.2. The molecule has 1 heterocycles. The van der Waals surface area contributed by atoms with E-state index in [2.05, 4.69) is 23.7 Å². The Bertz CT molecular complexity index is 225. The first-order chi connectivity index (χ1) is 9.34. The molecule has 1 aliphatic rings. The van der Waals surface area contributed by atoms with Gasteiger partial charge in [-0.15, -0.1) is 0 Å². The molecule has 1 aliphatic heterocycles. The van der Waals surface area contributed by atoms with Gasteiger partial charge in [-0.1, -0.05) is 71.1 Å². The first-order valence-electron chi connectivity index (χ1n) is 8.60. The molecule has 0 aromatic rings. The number of unbranched alkanes of at least 4 members (excludes halogenated alkanes) is 9. The van der Waals surface area contributed by atoms with Crippen LogP contribution in [0.25, 0.3) is 0 Å². The molecule has 0 fully saturated rings. The van der Waals surface area contributed by atoms with E-state index in [0.717, 1.165) is 13.1 Å². The van der Waals surface area contributed by atoms with E-state index in [9.17, 15) is 0 Å². The lowest BCUT2D eigenvalue weighted by atomic mass is 10.0. The van der Waals surface area contributed by atoms with Crippen molar-refractivity contribution >= 4 is 6.34 Å². The third-order valence-corrected chi connectivity index (χ3v) is 4.26. The maximum absolute atomic E-state index is 4.29. The minimum absolute atomic E-state index is 0.695. The van der Waals surface area contributed by atoms with E-state index in [-0.39, 0.29) is 0 Å². The van der Waals surface area contributed by atoms with Gasteiger partial charge in [0.05, 0.1) is 12.9 Å². The Morgan fingerprint density at radius 2 is 1.53 bits per heavy atom. The lowest BCUT2D eigenvalue weighted by molar-refractivity contribution is 0.337. The van der Waals surface area contributed by atoms with E-state index in [1.165, 1.54) is 70.6 Å². The van der Waals surface area contributed by atoms with Gasteiger partial charge in [0, 0.05) is 12.6 Å². The van der Waals surface area contributed by atoms with E-state index in [4.69, 9.17) is 0 Å². The van der Waals surface area contributed by atoms with Crippen molar-refractivity contribution < 1.29 is 0 Å². The van der Waals surface area contributed by atoms with Crippen LogP contribution in [-0.4, -0.2) is 30.4 Å². The lowest BCUT2D eigenvalue weighted by Gasteiger charge is -2.22. The predicted octanol–water partition coefficient (Wildman–Crippen LogP) is 5.03. The molecule has 0 N–H and O–H groups in total. The zero-order valence-corrected chi connectivity index (χ0v) is 13.2.